The molecule has 196 valence electrons. The van der Waals surface area contributed by atoms with Gasteiger partial charge in [-0.05, 0) is 101 Å². The molecule has 1 aliphatic rings. The number of benzene rings is 3. The van der Waals surface area contributed by atoms with Gasteiger partial charge in [0.1, 0.15) is 6.61 Å². The van der Waals surface area contributed by atoms with E-state index in [0.717, 1.165) is 14.7 Å². The van der Waals surface area contributed by atoms with Crippen molar-refractivity contribution in [2.45, 2.75) is 13.5 Å². The molecule has 1 amide bonds. The van der Waals surface area contributed by atoms with Gasteiger partial charge in [-0.3, -0.25) is 9.69 Å². The number of carboxylic acids is 1. The first kappa shape index (κ1) is 28.3. The van der Waals surface area contributed by atoms with E-state index in [9.17, 15) is 9.59 Å². The van der Waals surface area contributed by atoms with Crippen LogP contribution in [0.2, 0.25) is 10.0 Å². The molecule has 3 aromatic carbocycles. The Balaban J connectivity index is 1.58. The van der Waals surface area contributed by atoms with Crippen LogP contribution in [0.5, 0.6) is 11.5 Å². The van der Waals surface area contributed by atoms with Crippen LogP contribution in [0.15, 0.2) is 64.5 Å². The van der Waals surface area contributed by atoms with Crippen molar-refractivity contribution in [3.63, 3.8) is 0 Å². The molecule has 0 radical (unpaired) electrons. The number of halogens is 3. The molecule has 7 nitrogen and oxygen atoms in total. The van der Waals surface area contributed by atoms with Gasteiger partial charge >= 0.3 is 5.97 Å². The van der Waals surface area contributed by atoms with Gasteiger partial charge in [-0.25, -0.2) is 9.79 Å². The highest BCUT2D eigenvalue weighted by Crippen LogP contribution is 2.38. The van der Waals surface area contributed by atoms with Gasteiger partial charge in [0.25, 0.3) is 5.91 Å². The van der Waals surface area contributed by atoms with Gasteiger partial charge in [-0.2, -0.15) is 0 Å². The van der Waals surface area contributed by atoms with E-state index in [1.54, 1.807) is 37.4 Å². The Kier molecular flexibility index (Phi) is 9.24. The number of thioether (sulfide) groups is 1. The molecule has 0 saturated carbocycles. The lowest BCUT2D eigenvalue weighted by Crippen LogP contribution is -2.23. The number of hydrogen-bond acceptors (Lipinski definition) is 6. The Morgan fingerprint density at radius 1 is 1.13 bits per heavy atom. The van der Waals surface area contributed by atoms with Gasteiger partial charge in [0, 0.05) is 22.7 Å². The second-order valence-electron chi connectivity index (χ2n) is 8.01. The summed E-state index contributed by atoms with van der Waals surface area (Å²) in [6, 6.07) is 15.1. The summed E-state index contributed by atoms with van der Waals surface area (Å²) in [5, 5.41) is 10.6. The van der Waals surface area contributed by atoms with Crippen molar-refractivity contribution in [2.24, 2.45) is 4.99 Å². The third-order valence-corrected chi connectivity index (χ3v) is 7.81. The molecular weight excluding hydrogens is 662 g/mol. The van der Waals surface area contributed by atoms with Crippen molar-refractivity contribution in [3.8, 4) is 11.5 Å². The predicted octanol–water partition coefficient (Wildman–Crippen LogP) is 7.51. The topological polar surface area (TPSA) is 88.4 Å². The average Bonchev–Trinajstić information content (AvgIpc) is 3.12. The standard InChI is InChI=1S/C27H21Cl2IN2O5S/c1-3-36-22-11-15(10-21(30)24(22)37-14-17-4-7-18(28)13-20(17)29)12-23-25(33)32(2)27(38-23)31-19-8-5-16(6-9-19)26(34)35/h4-13H,3,14H2,1-2H3,(H,34,35). The first-order valence-electron chi connectivity index (χ1n) is 11.3. The molecule has 1 saturated heterocycles. The van der Waals surface area contributed by atoms with Gasteiger partial charge in [0.2, 0.25) is 0 Å². The summed E-state index contributed by atoms with van der Waals surface area (Å²) in [4.78, 5) is 30.5. The van der Waals surface area contributed by atoms with Gasteiger partial charge in [-0.15, -0.1) is 0 Å². The van der Waals surface area contributed by atoms with Gasteiger partial charge < -0.3 is 14.6 Å². The maximum absolute atomic E-state index is 12.9. The SMILES string of the molecule is CCOc1cc(C=C2SC(=Nc3ccc(C(=O)O)cc3)N(C)C2=O)cc(I)c1OCc1ccc(Cl)cc1Cl. The monoisotopic (exact) mass is 682 g/mol. The molecule has 0 aliphatic carbocycles. The van der Waals surface area contributed by atoms with Gasteiger partial charge in [0.15, 0.2) is 16.7 Å². The number of hydrogen-bond donors (Lipinski definition) is 1. The minimum absolute atomic E-state index is 0.168. The molecule has 0 spiro atoms. The zero-order valence-corrected chi connectivity index (χ0v) is 24.7. The van der Waals surface area contributed by atoms with E-state index in [-0.39, 0.29) is 18.1 Å². The van der Waals surface area contributed by atoms with E-state index < -0.39 is 5.97 Å². The van der Waals surface area contributed by atoms with Crippen LogP contribution < -0.4 is 9.47 Å². The number of amides is 1. The first-order chi connectivity index (χ1) is 18.2. The van der Waals surface area contributed by atoms with Gasteiger partial charge in [0.05, 0.1) is 26.3 Å². The Bertz CT molecular complexity index is 1460. The summed E-state index contributed by atoms with van der Waals surface area (Å²) in [6.07, 6.45) is 1.78. The highest BCUT2D eigenvalue weighted by atomic mass is 127. The molecule has 1 N–H and O–H groups in total. The fourth-order valence-corrected chi connectivity index (χ4v) is 5.69. The molecule has 0 unspecified atom stereocenters. The summed E-state index contributed by atoms with van der Waals surface area (Å²) in [5.41, 5.74) is 2.28. The third-order valence-electron chi connectivity index (χ3n) is 5.36. The second-order valence-corrected chi connectivity index (χ2v) is 11.0. The number of rotatable bonds is 8. The van der Waals surface area contributed by atoms with Crippen LogP contribution in [0.4, 0.5) is 5.69 Å². The zero-order valence-electron chi connectivity index (χ0n) is 20.2. The van der Waals surface area contributed by atoms with E-state index in [1.165, 1.54) is 28.8 Å². The van der Waals surface area contributed by atoms with Gasteiger partial charge in [-0.1, -0.05) is 29.3 Å². The summed E-state index contributed by atoms with van der Waals surface area (Å²) >= 11 is 15.7. The number of aromatic carboxylic acids is 1. The van der Waals surface area contributed by atoms with Crippen molar-refractivity contribution < 1.29 is 24.2 Å². The summed E-state index contributed by atoms with van der Waals surface area (Å²) in [7, 11) is 1.65. The second kappa shape index (κ2) is 12.4. The number of aliphatic imine (C=N–C) groups is 1. The number of likely N-dealkylation sites (N-methyl/N-ethyl adjacent to an activating group) is 1. The highest BCUT2D eigenvalue weighted by molar-refractivity contribution is 14.1. The average molecular weight is 683 g/mol. The van der Waals surface area contributed by atoms with Crippen molar-refractivity contribution in [1.82, 2.24) is 4.90 Å². The number of carbonyl (C=O) groups is 2. The zero-order chi connectivity index (χ0) is 27.4. The lowest BCUT2D eigenvalue weighted by Gasteiger charge is -2.15. The van der Waals surface area contributed by atoms with Crippen LogP contribution in [-0.2, 0) is 11.4 Å². The van der Waals surface area contributed by atoms with Crippen LogP contribution in [-0.4, -0.2) is 40.7 Å². The molecule has 38 heavy (non-hydrogen) atoms. The van der Waals surface area contributed by atoms with Crippen LogP contribution in [0, 0.1) is 3.57 Å². The molecular formula is C27H21Cl2IN2O5S. The number of carbonyl (C=O) groups excluding carboxylic acids is 1. The number of ether oxygens (including phenoxy) is 2. The molecule has 11 heteroatoms. The van der Waals surface area contributed by atoms with Crippen LogP contribution in [0.1, 0.15) is 28.4 Å². The number of carboxylic acid groups (broad SMARTS) is 1. The minimum atomic E-state index is -1.01. The molecule has 1 heterocycles. The van der Waals surface area contributed by atoms with E-state index in [2.05, 4.69) is 27.6 Å². The van der Waals surface area contributed by atoms with Crippen LogP contribution >= 0.6 is 57.6 Å². The third kappa shape index (κ3) is 6.63. The Hall–Kier alpha value is -2.73. The molecule has 3 aromatic rings. The van der Waals surface area contributed by atoms with E-state index >= 15 is 0 Å². The molecule has 0 atom stereocenters. The fraction of sp³-hybridized carbons (Fsp3) is 0.148. The van der Waals surface area contributed by atoms with Crippen molar-refractivity contribution in [1.29, 1.82) is 0 Å². The predicted molar refractivity (Wildman–Crippen MR) is 160 cm³/mol. The number of nitrogens with zero attached hydrogens (tertiary/aromatic N) is 2. The normalized spacial score (nSPS) is 15.4. The largest absolute Gasteiger partial charge is 0.490 e. The van der Waals surface area contributed by atoms with E-state index in [4.69, 9.17) is 37.8 Å². The lowest BCUT2D eigenvalue weighted by atomic mass is 10.1. The lowest BCUT2D eigenvalue weighted by molar-refractivity contribution is -0.121. The molecule has 0 aromatic heterocycles. The van der Waals surface area contributed by atoms with E-state index in [0.29, 0.717) is 43.9 Å². The minimum Gasteiger partial charge on any atom is -0.490 e. The summed E-state index contributed by atoms with van der Waals surface area (Å²) in [6.45, 7) is 2.55. The Morgan fingerprint density at radius 2 is 1.87 bits per heavy atom. The smallest absolute Gasteiger partial charge is 0.335 e. The molecule has 4 rings (SSSR count). The first-order valence-corrected chi connectivity index (χ1v) is 13.9. The van der Waals surface area contributed by atoms with Crippen LogP contribution in [0.25, 0.3) is 6.08 Å². The summed E-state index contributed by atoms with van der Waals surface area (Å²) in [5.74, 6) is -0.0764. The molecule has 1 fully saturated rings. The maximum Gasteiger partial charge on any atom is 0.335 e. The van der Waals surface area contributed by atoms with Crippen molar-refractivity contribution in [2.75, 3.05) is 13.7 Å². The number of amidine groups is 1. The van der Waals surface area contributed by atoms with Crippen molar-refractivity contribution in [3.05, 3.63) is 89.8 Å². The Morgan fingerprint density at radius 3 is 2.53 bits per heavy atom. The maximum atomic E-state index is 12.9. The highest BCUT2D eigenvalue weighted by Gasteiger charge is 2.30. The Labute approximate surface area is 247 Å². The van der Waals surface area contributed by atoms with Crippen molar-refractivity contribution >= 4 is 86.4 Å². The van der Waals surface area contributed by atoms with Crippen LogP contribution in [0.3, 0.4) is 0 Å². The van der Waals surface area contributed by atoms with E-state index in [1.807, 2.05) is 25.1 Å². The fourth-order valence-electron chi connectivity index (χ4n) is 3.45. The quantitative estimate of drug-likeness (QED) is 0.196. The summed E-state index contributed by atoms with van der Waals surface area (Å²) < 4.78 is 12.7. The molecule has 1 aliphatic heterocycles. The molecule has 0 bridgehead atoms.